The maximum Gasteiger partial charge on any atom is 0.0963 e. The first-order chi connectivity index (χ1) is 27.8. The summed E-state index contributed by atoms with van der Waals surface area (Å²) in [5.74, 6) is 0. The molecule has 0 bridgehead atoms. The van der Waals surface area contributed by atoms with Gasteiger partial charge in [0.25, 0.3) is 0 Å². The van der Waals surface area contributed by atoms with Gasteiger partial charge in [-0.15, -0.1) is 0 Å². The highest BCUT2D eigenvalue weighted by atomic mass is 15.0. The first-order valence-corrected chi connectivity index (χ1v) is 19.0. The number of para-hydroxylation sites is 2. The number of benzene rings is 7. The van der Waals surface area contributed by atoms with Gasteiger partial charge in [-0.05, 0) is 101 Å². The fraction of sp³-hybridized carbons (Fsp3) is 0. The number of rotatable bonds is 6. The Morgan fingerprint density at radius 1 is 0.304 bits per heavy atom. The molecule has 4 nitrogen and oxygen atoms in total. The van der Waals surface area contributed by atoms with Crippen molar-refractivity contribution < 1.29 is 0 Å². The van der Waals surface area contributed by atoms with Crippen molar-refractivity contribution in [1.82, 2.24) is 19.1 Å². The van der Waals surface area contributed by atoms with Crippen LogP contribution in [-0.4, -0.2) is 19.1 Å². The highest BCUT2D eigenvalue weighted by Crippen LogP contribution is 2.39. The van der Waals surface area contributed by atoms with Crippen molar-refractivity contribution in [2.75, 3.05) is 0 Å². The van der Waals surface area contributed by atoms with Gasteiger partial charge >= 0.3 is 0 Å². The van der Waals surface area contributed by atoms with Gasteiger partial charge in [0, 0.05) is 44.9 Å². The molecular formula is C52H34N4. The summed E-state index contributed by atoms with van der Waals surface area (Å²) in [6.45, 7) is 0. The third-order valence-electron chi connectivity index (χ3n) is 10.9. The second-order valence-electron chi connectivity index (χ2n) is 14.3. The molecule has 4 heterocycles. The van der Waals surface area contributed by atoms with E-state index in [0.29, 0.717) is 0 Å². The fourth-order valence-corrected chi connectivity index (χ4v) is 8.33. The molecule has 0 radical (unpaired) electrons. The molecule has 0 atom stereocenters. The summed E-state index contributed by atoms with van der Waals surface area (Å²) in [6, 6.07) is 71.3. The zero-order chi connectivity index (χ0) is 37.0. The topological polar surface area (TPSA) is 35.6 Å². The van der Waals surface area contributed by atoms with Crippen molar-refractivity contribution in [3.05, 3.63) is 206 Å². The first kappa shape index (κ1) is 31.9. The minimum Gasteiger partial charge on any atom is -0.309 e. The van der Waals surface area contributed by atoms with Crippen LogP contribution in [0.3, 0.4) is 0 Å². The zero-order valence-corrected chi connectivity index (χ0v) is 30.4. The number of hydrogen-bond acceptors (Lipinski definition) is 2. The Balaban J connectivity index is 1.06. The molecule has 262 valence electrons. The second-order valence-corrected chi connectivity index (χ2v) is 14.3. The summed E-state index contributed by atoms with van der Waals surface area (Å²) in [4.78, 5) is 9.92. The third-order valence-corrected chi connectivity index (χ3v) is 10.9. The molecule has 11 aromatic rings. The van der Waals surface area contributed by atoms with E-state index in [0.717, 1.165) is 67.0 Å². The first-order valence-electron chi connectivity index (χ1n) is 19.0. The van der Waals surface area contributed by atoms with Gasteiger partial charge in [-0.3, -0.25) is 4.98 Å². The SMILES string of the molecule is c1ccc(-c2cc(-c3cccc(-n4c5ccccc5c5cc(-c6ccc7c8ncccc8n(-c8ccccc8)c7c6)ccc54)c3)cc(-c3ccccc3)n2)cc1. The van der Waals surface area contributed by atoms with Crippen LogP contribution in [0.25, 0.3) is 99.9 Å². The minimum atomic E-state index is 0.954. The molecule has 11 rings (SSSR count). The number of fused-ring (bicyclic) bond motifs is 6. The maximum absolute atomic E-state index is 5.12. The van der Waals surface area contributed by atoms with Gasteiger partial charge in [-0.1, -0.05) is 121 Å². The molecule has 0 aliphatic heterocycles. The molecule has 0 N–H and O–H groups in total. The molecule has 0 amide bonds. The van der Waals surface area contributed by atoms with Crippen molar-refractivity contribution in [1.29, 1.82) is 0 Å². The molecular weight excluding hydrogens is 681 g/mol. The number of aromatic nitrogens is 4. The predicted octanol–water partition coefficient (Wildman–Crippen LogP) is 13.3. The lowest BCUT2D eigenvalue weighted by Crippen LogP contribution is -1.95. The highest BCUT2D eigenvalue weighted by molar-refractivity contribution is 6.11. The van der Waals surface area contributed by atoms with Crippen LogP contribution in [-0.2, 0) is 0 Å². The molecule has 4 aromatic heterocycles. The van der Waals surface area contributed by atoms with Gasteiger partial charge in [0.2, 0.25) is 0 Å². The second kappa shape index (κ2) is 13.1. The Morgan fingerprint density at radius 2 is 0.875 bits per heavy atom. The molecule has 0 fully saturated rings. The Morgan fingerprint density at radius 3 is 1.64 bits per heavy atom. The van der Waals surface area contributed by atoms with Crippen LogP contribution >= 0.6 is 0 Å². The van der Waals surface area contributed by atoms with Gasteiger partial charge in [0.05, 0.1) is 39.0 Å². The van der Waals surface area contributed by atoms with Gasteiger partial charge in [-0.2, -0.15) is 0 Å². The fourth-order valence-electron chi connectivity index (χ4n) is 8.33. The predicted molar refractivity (Wildman–Crippen MR) is 232 cm³/mol. The van der Waals surface area contributed by atoms with E-state index in [1.165, 1.54) is 32.9 Å². The van der Waals surface area contributed by atoms with Crippen LogP contribution in [0.1, 0.15) is 0 Å². The summed E-state index contributed by atoms with van der Waals surface area (Å²) < 4.78 is 4.73. The average Bonchev–Trinajstić information content (AvgIpc) is 3.79. The summed E-state index contributed by atoms with van der Waals surface area (Å²) in [5.41, 5.74) is 16.5. The van der Waals surface area contributed by atoms with E-state index in [9.17, 15) is 0 Å². The Hall–Kier alpha value is -7.56. The maximum atomic E-state index is 5.12. The molecule has 0 unspecified atom stereocenters. The summed E-state index contributed by atoms with van der Waals surface area (Å²) >= 11 is 0. The molecule has 4 heteroatoms. The van der Waals surface area contributed by atoms with Gasteiger partial charge in [-0.25, -0.2) is 4.98 Å². The monoisotopic (exact) mass is 714 g/mol. The Bertz CT molecular complexity index is 3170. The smallest absolute Gasteiger partial charge is 0.0963 e. The number of hydrogen-bond donors (Lipinski definition) is 0. The van der Waals surface area contributed by atoms with Crippen LogP contribution in [0.5, 0.6) is 0 Å². The zero-order valence-electron chi connectivity index (χ0n) is 30.4. The Kier molecular flexibility index (Phi) is 7.46. The van der Waals surface area contributed by atoms with Gasteiger partial charge in [0.1, 0.15) is 0 Å². The lowest BCUT2D eigenvalue weighted by molar-refractivity contribution is 1.18. The van der Waals surface area contributed by atoms with Gasteiger partial charge < -0.3 is 9.13 Å². The van der Waals surface area contributed by atoms with Crippen molar-refractivity contribution in [3.8, 4) is 56.1 Å². The van der Waals surface area contributed by atoms with Crippen molar-refractivity contribution in [2.45, 2.75) is 0 Å². The van der Waals surface area contributed by atoms with E-state index < -0.39 is 0 Å². The van der Waals surface area contributed by atoms with E-state index in [4.69, 9.17) is 9.97 Å². The van der Waals surface area contributed by atoms with E-state index in [-0.39, 0.29) is 0 Å². The molecule has 0 saturated carbocycles. The third kappa shape index (κ3) is 5.31. The van der Waals surface area contributed by atoms with Crippen LogP contribution < -0.4 is 0 Å². The normalized spacial score (nSPS) is 11.6. The van der Waals surface area contributed by atoms with Gasteiger partial charge in [0.15, 0.2) is 0 Å². The molecule has 0 aliphatic carbocycles. The summed E-state index contributed by atoms with van der Waals surface area (Å²) in [7, 11) is 0. The lowest BCUT2D eigenvalue weighted by atomic mass is 9.99. The Labute approximate surface area is 324 Å². The van der Waals surface area contributed by atoms with Crippen molar-refractivity contribution in [2.24, 2.45) is 0 Å². The minimum absolute atomic E-state index is 0.954. The standard InChI is InChI=1S/C52H34N4/c1-4-14-35(15-5-1)46-32-40(33-47(54-46)36-16-6-2-7-17-36)37-18-12-21-42(30-37)56-48-23-11-10-22-43(48)45-31-38(26-28-49(45)56)39-25-27-44-51(34-39)55(41-19-8-3-9-20-41)50-24-13-29-53-52(44)50/h1-34H. The quantitative estimate of drug-likeness (QED) is 0.172. The molecule has 0 spiro atoms. The molecule has 0 aliphatic rings. The molecule has 7 aromatic carbocycles. The summed E-state index contributed by atoms with van der Waals surface area (Å²) in [6.07, 6.45) is 1.88. The molecule has 56 heavy (non-hydrogen) atoms. The largest absolute Gasteiger partial charge is 0.309 e. The van der Waals surface area contributed by atoms with Crippen LogP contribution in [0.2, 0.25) is 0 Å². The van der Waals surface area contributed by atoms with E-state index >= 15 is 0 Å². The summed E-state index contributed by atoms with van der Waals surface area (Å²) in [5, 5.41) is 3.59. The van der Waals surface area contributed by atoms with Crippen LogP contribution in [0.4, 0.5) is 0 Å². The van der Waals surface area contributed by atoms with E-state index in [1.807, 2.05) is 24.4 Å². The van der Waals surface area contributed by atoms with E-state index in [2.05, 4.69) is 191 Å². The highest BCUT2D eigenvalue weighted by Gasteiger charge is 2.17. The lowest BCUT2D eigenvalue weighted by Gasteiger charge is -2.13. The van der Waals surface area contributed by atoms with Crippen LogP contribution in [0.15, 0.2) is 206 Å². The number of nitrogens with zero attached hydrogens (tertiary/aromatic N) is 4. The van der Waals surface area contributed by atoms with E-state index in [1.54, 1.807) is 0 Å². The van der Waals surface area contributed by atoms with Crippen molar-refractivity contribution >= 4 is 43.7 Å². The van der Waals surface area contributed by atoms with Crippen LogP contribution in [0, 0.1) is 0 Å². The van der Waals surface area contributed by atoms with Crippen molar-refractivity contribution in [3.63, 3.8) is 0 Å². The average molecular weight is 715 g/mol. The number of pyridine rings is 2. The molecule has 0 saturated heterocycles.